The van der Waals surface area contributed by atoms with Crippen LogP contribution in [0.5, 0.6) is 0 Å². The summed E-state index contributed by atoms with van der Waals surface area (Å²) in [6.45, 7) is 5.18. The number of hydrogen-bond acceptors (Lipinski definition) is 5. The van der Waals surface area contributed by atoms with Gasteiger partial charge in [-0.2, -0.15) is 4.98 Å². The molecule has 2 heterocycles. The summed E-state index contributed by atoms with van der Waals surface area (Å²) in [5.41, 5.74) is 3.69. The van der Waals surface area contributed by atoms with Crippen molar-refractivity contribution in [3.8, 4) is 11.4 Å². The Bertz CT molecular complexity index is 1090. The van der Waals surface area contributed by atoms with Crippen molar-refractivity contribution >= 4 is 17.5 Å². The Morgan fingerprint density at radius 2 is 2.00 bits per heavy atom. The Balaban J connectivity index is 1.42. The van der Waals surface area contributed by atoms with Crippen LogP contribution < -0.4 is 5.32 Å². The second-order valence-corrected chi connectivity index (χ2v) is 8.28. The van der Waals surface area contributed by atoms with E-state index >= 15 is 0 Å². The minimum absolute atomic E-state index is 0.0231. The Morgan fingerprint density at radius 1 is 1.19 bits per heavy atom. The summed E-state index contributed by atoms with van der Waals surface area (Å²) in [4.78, 5) is 31.0. The largest absolute Gasteiger partial charge is 0.342 e. The molecule has 4 rings (SSSR count). The number of aryl methyl sites for hydroxylation is 1. The molecular formula is C25H28N4O3. The van der Waals surface area contributed by atoms with E-state index in [9.17, 15) is 9.59 Å². The lowest BCUT2D eigenvalue weighted by molar-refractivity contribution is -0.131. The number of rotatable bonds is 6. The molecule has 1 aliphatic heterocycles. The molecule has 1 aliphatic rings. The van der Waals surface area contributed by atoms with E-state index in [2.05, 4.69) is 15.5 Å². The first kappa shape index (κ1) is 21.7. The van der Waals surface area contributed by atoms with Gasteiger partial charge >= 0.3 is 0 Å². The molecule has 0 aliphatic carbocycles. The topological polar surface area (TPSA) is 88.3 Å². The first-order valence-corrected chi connectivity index (χ1v) is 11.1. The number of anilines is 1. The number of carbonyl (C=O) groups excluding carboxylic acids is 2. The molecule has 1 aromatic heterocycles. The van der Waals surface area contributed by atoms with Gasteiger partial charge in [-0.3, -0.25) is 9.59 Å². The number of likely N-dealkylation sites (tertiary alicyclic amines) is 1. The van der Waals surface area contributed by atoms with E-state index < -0.39 is 0 Å². The van der Waals surface area contributed by atoms with Gasteiger partial charge < -0.3 is 14.7 Å². The Labute approximate surface area is 187 Å². The zero-order chi connectivity index (χ0) is 22.5. The number of nitrogens with one attached hydrogen (secondary N) is 1. The van der Waals surface area contributed by atoms with E-state index in [1.807, 2.05) is 67.3 Å². The molecule has 0 bridgehead atoms. The zero-order valence-electron chi connectivity index (χ0n) is 18.5. The molecule has 1 saturated heterocycles. The van der Waals surface area contributed by atoms with Crippen molar-refractivity contribution in [1.29, 1.82) is 0 Å². The fraction of sp³-hybridized carbons (Fsp3) is 0.360. The normalized spacial score (nSPS) is 16.1. The first-order valence-electron chi connectivity index (χ1n) is 11.1. The zero-order valence-corrected chi connectivity index (χ0v) is 18.5. The van der Waals surface area contributed by atoms with Gasteiger partial charge in [0.1, 0.15) is 0 Å². The van der Waals surface area contributed by atoms with Gasteiger partial charge in [0.2, 0.25) is 23.5 Å². The third kappa shape index (κ3) is 5.22. The third-order valence-electron chi connectivity index (χ3n) is 5.77. The van der Waals surface area contributed by atoms with Gasteiger partial charge in [-0.15, -0.1) is 0 Å². The van der Waals surface area contributed by atoms with Crippen LogP contribution in [0, 0.1) is 6.92 Å². The number of nitrogens with zero attached hydrogens (tertiary/aromatic N) is 3. The fourth-order valence-electron chi connectivity index (χ4n) is 3.90. The summed E-state index contributed by atoms with van der Waals surface area (Å²) in [6.07, 6.45) is 2.62. The van der Waals surface area contributed by atoms with Crippen LogP contribution in [0.1, 0.15) is 49.1 Å². The van der Waals surface area contributed by atoms with Gasteiger partial charge in [0, 0.05) is 30.8 Å². The van der Waals surface area contributed by atoms with Gasteiger partial charge in [0.05, 0.1) is 12.3 Å². The monoisotopic (exact) mass is 432 g/mol. The van der Waals surface area contributed by atoms with Gasteiger partial charge in [-0.05, 0) is 37.5 Å². The molecule has 0 spiro atoms. The summed E-state index contributed by atoms with van der Waals surface area (Å²) >= 11 is 0. The molecule has 2 aromatic carbocycles. The maximum atomic E-state index is 12.8. The van der Waals surface area contributed by atoms with Crippen molar-refractivity contribution < 1.29 is 14.1 Å². The minimum Gasteiger partial charge on any atom is -0.342 e. The summed E-state index contributed by atoms with van der Waals surface area (Å²) in [5, 5.41) is 6.99. The molecule has 166 valence electrons. The van der Waals surface area contributed by atoms with Crippen LogP contribution in [0.15, 0.2) is 53.1 Å². The molecular weight excluding hydrogens is 404 g/mol. The molecule has 1 fully saturated rings. The lowest BCUT2D eigenvalue weighted by Gasteiger charge is -2.31. The molecule has 0 radical (unpaired) electrons. The Hall–Kier alpha value is -3.48. The Morgan fingerprint density at radius 3 is 2.78 bits per heavy atom. The number of hydrogen-bond donors (Lipinski definition) is 1. The van der Waals surface area contributed by atoms with Crippen LogP contribution in [0.3, 0.4) is 0 Å². The van der Waals surface area contributed by atoms with Crippen LogP contribution in [-0.4, -0.2) is 39.9 Å². The van der Waals surface area contributed by atoms with Crippen molar-refractivity contribution in [1.82, 2.24) is 15.0 Å². The molecule has 7 nitrogen and oxygen atoms in total. The maximum Gasteiger partial charge on any atom is 0.231 e. The highest BCUT2D eigenvalue weighted by atomic mass is 16.5. The molecule has 2 amide bonds. The third-order valence-corrected chi connectivity index (χ3v) is 5.77. The van der Waals surface area contributed by atoms with Gasteiger partial charge in [0.25, 0.3) is 0 Å². The molecule has 32 heavy (non-hydrogen) atoms. The van der Waals surface area contributed by atoms with Crippen molar-refractivity contribution in [2.75, 3.05) is 18.4 Å². The number of benzene rings is 2. The summed E-state index contributed by atoms with van der Waals surface area (Å²) in [6, 6.07) is 15.5. The van der Waals surface area contributed by atoms with Crippen LogP contribution in [0.2, 0.25) is 0 Å². The van der Waals surface area contributed by atoms with Crippen LogP contribution in [-0.2, 0) is 16.0 Å². The van der Waals surface area contributed by atoms with E-state index in [-0.39, 0.29) is 17.7 Å². The number of carbonyl (C=O) groups is 2. The van der Waals surface area contributed by atoms with Gasteiger partial charge in [-0.25, -0.2) is 0 Å². The average molecular weight is 433 g/mol. The SMILES string of the molecule is CCC(=O)Nc1cccc(-c2noc([C@H]3CCCN(C(=O)Cc4ccc(C)cc4)C3)n2)c1. The minimum atomic E-state index is -0.0476. The number of piperidine rings is 1. The second kappa shape index (κ2) is 9.77. The molecule has 3 aromatic rings. The predicted molar refractivity (Wildman–Crippen MR) is 122 cm³/mol. The van der Waals surface area contributed by atoms with Gasteiger partial charge in [0.15, 0.2) is 0 Å². The van der Waals surface area contributed by atoms with E-state index in [1.54, 1.807) is 0 Å². The highest BCUT2D eigenvalue weighted by Gasteiger charge is 2.28. The lowest BCUT2D eigenvalue weighted by atomic mass is 9.97. The second-order valence-electron chi connectivity index (χ2n) is 8.28. The van der Waals surface area contributed by atoms with E-state index in [1.165, 1.54) is 5.56 Å². The lowest BCUT2D eigenvalue weighted by Crippen LogP contribution is -2.40. The first-order chi connectivity index (χ1) is 15.5. The molecule has 1 N–H and O–H groups in total. The summed E-state index contributed by atoms with van der Waals surface area (Å²) in [5.74, 6) is 1.13. The van der Waals surface area contributed by atoms with Crippen molar-refractivity contribution in [3.63, 3.8) is 0 Å². The summed E-state index contributed by atoms with van der Waals surface area (Å²) < 4.78 is 5.57. The van der Waals surface area contributed by atoms with Crippen LogP contribution in [0.4, 0.5) is 5.69 Å². The number of aromatic nitrogens is 2. The van der Waals surface area contributed by atoms with E-state index in [0.717, 1.165) is 30.5 Å². The maximum absolute atomic E-state index is 12.8. The molecule has 0 unspecified atom stereocenters. The van der Waals surface area contributed by atoms with Crippen molar-refractivity contribution in [2.24, 2.45) is 0 Å². The van der Waals surface area contributed by atoms with Crippen LogP contribution in [0.25, 0.3) is 11.4 Å². The highest BCUT2D eigenvalue weighted by molar-refractivity contribution is 5.91. The molecule has 7 heteroatoms. The molecule has 0 saturated carbocycles. The predicted octanol–water partition coefficient (Wildman–Crippen LogP) is 4.34. The smallest absolute Gasteiger partial charge is 0.231 e. The molecule has 1 atom stereocenters. The number of amides is 2. The highest BCUT2D eigenvalue weighted by Crippen LogP contribution is 2.28. The van der Waals surface area contributed by atoms with Crippen molar-refractivity contribution in [2.45, 2.75) is 45.4 Å². The Kier molecular flexibility index (Phi) is 6.63. The van der Waals surface area contributed by atoms with E-state index in [0.29, 0.717) is 36.8 Å². The average Bonchev–Trinajstić information content (AvgIpc) is 3.31. The van der Waals surface area contributed by atoms with Gasteiger partial charge in [-0.1, -0.05) is 54.0 Å². The standard InChI is InChI=1S/C25H28N4O3/c1-3-22(30)26-21-8-4-6-19(15-21)24-27-25(32-28-24)20-7-5-13-29(16-20)23(31)14-18-11-9-17(2)10-12-18/h4,6,8-12,15,20H,3,5,7,13-14,16H2,1-2H3,(H,26,30)/t20-/m0/s1. The quantitative estimate of drug-likeness (QED) is 0.626. The summed E-state index contributed by atoms with van der Waals surface area (Å²) in [7, 11) is 0. The van der Waals surface area contributed by atoms with E-state index in [4.69, 9.17) is 4.52 Å². The fourth-order valence-corrected chi connectivity index (χ4v) is 3.90. The van der Waals surface area contributed by atoms with Crippen molar-refractivity contribution in [3.05, 3.63) is 65.5 Å². The van der Waals surface area contributed by atoms with Crippen LogP contribution >= 0.6 is 0 Å².